The zero-order valence-corrected chi connectivity index (χ0v) is 17.7. The standard InChI is InChI=1S/C26H26O5/c1-19(17-29-18-30-22-13-7-4-8-14-22)31-26(28)24-16-10-9-15-23(24)20(2)25(27)21-11-5-3-6-12-21/h3-16,19-20H,17-18H2,1-2H3. The van der Waals surface area contributed by atoms with Crippen molar-refractivity contribution in [2.75, 3.05) is 13.4 Å². The predicted octanol–water partition coefficient (Wildman–Crippen LogP) is 5.27. The van der Waals surface area contributed by atoms with Gasteiger partial charge in [-0.3, -0.25) is 4.79 Å². The average molecular weight is 418 g/mol. The Kier molecular flexibility index (Phi) is 7.96. The highest BCUT2D eigenvalue weighted by Crippen LogP contribution is 2.25. The molecule has 0 aliphatic carbocycles. The summed E-state index contributed by atoms with van der Waals surface area (Å²) in [4.78, 5) is 25.6. The smallest absolute Gasteiger partial charge is 0.338 e. The highest BCUT2D eigenvalue weighted by atomic mass is 16.7. The number of hydrogen-bond acceptors (Lipinski definition) is 5. The highest BCUT2D eigenvalue weighted by molar-refractivity contribution is 6.03. The molecule has 0 bridgehead atoms. The minimum absolute atomic E-state index is 0.0460. The van der Waals surface area contributed by atoms with E-state index in [0.717, 1.165) is 0 Å². The number of benzene rings is 3. The molecule has 0 fully saturated rings. The molecule has 3 rings (SSSR count). The minimum Gasteiger partial charge on any atom is -0.468 e. The van der Waals surface area contributed by atoms with Crippen molar-refractivity contribution >= 4 is 11.8 Å². The Labute approximate surface area is 182 Å². The largest absolute Gasteiger partial charge is 0.468 e. The van der Waals surface area contributed by atoms with Crippen molar-refractivity contribution in [3.8, 4) is 5.75 Å². The number of hydrogen-bond donors (Lipinski definition) is 0. The lowest BCUT2D eigenvalue weighted by atomic mass is 9.89. The fraction of sp³-hybridized carbons (Fsp3) is 0.231. The molecule has 2 unspecified atom stereocenters. The molecule has 31 heavy (non-hydrogen) atoms. The van der Waals surface area contributed by atoms with Crippen LogP contribution in [0.15, 0.2) is 84.9 Å². The van der Waals surface area contributed by atoms with Gasteiger partial charge in [0, 0.05) is 11.5 Å². The number of ether oxygens (including phenoxy) is 3. The van der Waals surface area contributed by atoms with Crippen LogP contribution in [0.25, 0.3) is 0 Å². The fourth-order valence-electron chi connectivity index (χ4n) is 3.17. The molecular weight excluding hydrogens is 392 g/mol. The van der Waals surface area contributed by atoms with Crippen molar-refractivity contribution < 1.29 is 23.8 Å². The van der Waals surface area contributed by atoms with Crippen LogP contribution in [0, 0.1) is 0 Å². The Bertz CT molecular complexity index is 985. The summed E-state index contributed by atoms with van der Waals surface area (Å²) in [5.41, 5.74) is 1.63. The van der Waals surface area contributed by atoms with Gasteiger partial charge in [-0.25, -0.2) is 4.79 Å². The summed E-state index contributed by atoms with van der Waals surface area (Å²) in [5, 5.41) is 0. The van der Waals surface area contributed by atoms with Crippen LogP contribution in [0.4, 0.5) is 0 Å². The lowest BCUT2D eigenvalue weighted by Crippen LogP contribution is -2.23. The van der Waals surface area contributed by atoms with E-state index < -0.39 is 18.0 Å². The van der Waals surface area contributed by atoms with Crippen LogP contribution in [0.5, 0.6) is 5.75 Å². The van der Waals surface area contributed by atoms with E-state index in [4.69, 9.17) is 14.2 Å². The van der Waals surface area contributed by atoms with Gasteiger partial charge in [0.05, 0.1) is 12.2 Å². The zero-order valence-electron chi connectivity index (χ0n) is 17.7. The van der Waals surface area contributed by atoms with Crippen LogP contribution in [0.2, 0.25) is 0 Å². The molecule has 0 saturated heterocycles. The van der Waals surface area contributed by atoms with Crippen LogP contribution in [-0.4, -0.2) is 31.3 Å². The Balaban J connectivity index is 1.57. The Morgan fingerprint density at radius 1 is 0.806 bits per heavy atom. The zero-order chi connectivity index (χ0) is 22.1. The number of carbonyl (C=O) groups excluding carboxylic acids is 2. The van der Waals surface area contributed by atoms with Crippen LogP contribution in [0.3, 0.4) is 0 Å². The lowest BCUT2D eigenvalue weighted by Gasteiger charge is -2.18. The maximum atomic E-state index is 12.8. The van der Waals surface area contributed by atoms with Gasteiger partial charge >= 0.3 is 5.97 Å². The number of esters is 1. The second-order valence-electron chi connectivity index (χ2n) is 7.20. The van der Waals surface area contributed by atoms with Crippen LogP contribution >= 0.6 is 0 Å². The maximum absolute atomic E-state index is 12.8. The number of carbonyl (C=O) groups is 2. The SMILES string of the molecule is CC(COCOc1ccccc1)OC(=O)c1ccccc1C(C)C(=O)c1ccccc1. The molecule has 0 heterocycles. The van der Waals surface area contributed by atoms with Crippen molar-refractivity contribution in [1.82, 2.24) is 0 Å². The molecule has 5 heteroatoms. The predicted molar refractivity (Wildman–Crippen MR) is 118 cm³/mol. The molecule has 0 aliphatic rings. The lowest BCUT2D eigenvalue weighted by molar-refractivity contribution is -0.0368. The number of para-hydroxylation sites is 1. The Morgan fingerprint density at radius 3 is 2.13 bits per heavy atom. The normalized spacial score (nSPS) is 12.6. The van der Waals surface area contributed by atoms with Crippen molar-refractivity contribution in [2.45, 2.75) is 25.9 Å². The van der Waals surface area contributed by atoms with Gasteiger partial charge in [-0.15, -0.1) is 0 Å². The maximum Gasteiger partial charge on any atom is 0.338 e. The summed E-state index contributed by atoms with van der Waals surface area (Å²) in [6, 6.07) is 25.4. The van der Waals surface area contributed by atoms with Crippen LogP contribution in [-0.2, 0) is 9.47 Å². The van der Waals surface area contributed by atoms with Gasteiger partial charge in [-0.05, 0) is 30.7 Å². The van der Waals surface area contributed by atoms with E-state index in [9.17, 15) is 9.59 Å². The molecule has 0 amide bonds. The van der Waals surface area contributed by atoms with E-state index in [2.05, 4.69) is 0 Å². The van der Waals surface area contributed by atoms with Gasteiger partial charge in [-0.2, -0.15) is 0 Å². The van der Waals surface area contributed by atoms with Crippen molar-refractivity contribution in [3.05, 3.63) is 102 Å². The van der Waals surface area contributed by atoms with E-state index in [0.29, 0.717) is 22.4 Å². The van der Waals surface area contributed by atoms with Crippen LogP contribution in [0.1, 0.15) is 46.0 Å². The molecule has 0 N–H and O–H groups in total. The summed E-state index contributed by atoms with van der Waals surface area (Å²) >= 11 is 0. The van der Waals surface area contributed by atoms with Gasteiger partial charge in [0.25, 0.3) is 0 Å². The molecule has 160 valence electrons. The van der Waals surface area contributed by atoms with Gasteiger partial charge in [-0.1, -0.05) is 73.7 Å². The van der Waals surface area contributed by atoms with Crippen molar-refractivity contribution in [1.29, 1.82) is 0 Å². The van der Waals surface area contributed by atoms with Crippen molar-refractivity contribution in [3.63, 3.8) is 0 Å². The summed E-state index contributed by atoms with van der Waals surface area (Å²) in [6.07, 6.45) is -0.472. The number of rotatable bonds is 10. The molecule has 2 atom stereocenters. The summed E-state index contributed by atoms with van der Waals surface area (Å²) in [5.74, 6) is -0.297. The average Bonchev–Trinajstić information content (AvgIpc) is 2.82. The number of ketones is 1. The fourth-order valence-corrected chi connectivity index (χ4v) is 3.17. The molecule has 0 aromatic heterocycles. The molecule has 0 radical (unpaired) electrons. The molecule has 0 saturated carbocycles. The van der Waals surface area contributed by atoms with Gasteiger partial charge in [0.2, 0.25) is 0 Å². The highest BCUT2D eigenvalue weighted by Gasteiger charge is 2.24. The minimum atomic E-state index is -0.483. The first-order valence-corrected chi connectivity index (χ1v) is 10.2. The number of Topliss-reactive ketones (excluding diaryl/α,β-unsaturated/α-hetero) is 1. The van der Waals surface area contributed by atoms with Crippen LogP contribution < -0.4 is 4.74 Å². The van der Waals surface area contributed by atoms with E-state index in [1.807, 2.05) is 54.6 Å². The molecule has 3 aromatic carbocycles. The molecule has 5 nitrogen and oxygen atoms in total. The topological polar surface area (TPSA) is 61.8 Å². The van der Waals surface area contributed by atoms with E-state index in [-0.39, 0.29) is 19.2 Å². The third-order valence-corrected chi connectivity index (χ3v) is 4.81. The monoisotopic (exact) mass is 418 g/mol. The summed E-state index contributed by atoms with van der Waals surface area (Å²) < 4.78 is 16.5. The second kappa shape index (κ2) is 11.1. The first kappa shape index (κ1) is 22.2. The Hall–Kier alpha value is -3.44. The van der Waals surface area contributed by atoms with Gasteiger partial charge in [0.1, 0.15) is 11.9 Å². The van der Waals surface area contributed by atoms with E-state index >= 15 is 0 Å². The van der Waals surface area contributed by atoms with E-state index in [1.165, 1.54) is 0 Å². The quantitative estimate of drug-likeness (QED) is 0.194. The summed E-state index contributed by atoms with van der Waals surface area (Å²) in [7, 11) is 0. The Morgan fingerprint density at radius 2 is 1.42 bits per heavy atom. The molecule has 3 aromatic rings. The van der Waals surface area contributed by atoms with E-state index in [1.54, 1.807) is 44.2 Å². The third-order valence-electron chi connectivity index (χ3n) is 4.81. The third kappa shape index (κ3) is 6.27. The van der Waals surface area contributed by atoms with Gasteiger partial charge < -0.3 is 14.2 Å². The first-order valence-electron chi connectivity index (χ1n) is 10.2. The molecular formula is C26H26O5. The second-order valence-corrected chi connectivity index (χ2v) is 7.20. The first-order chi connectivity index (χ1) is 15.1. The molecule has 0 aliphatic heterocycles. The van der Waals surface area contributed by atoms with Gasteiger partial charge in [0.15, 0.2) is 12.6 Å². The molecule has 0 spiro atoms. The van der Waals surface area contributed by atoms with Crippen molar-refractivity contribution in [2.24, 2.45) is 0 Å². The summed E-state index contributed by atoms with van der Waals surface area (Å²) in [6.45, 7) is 3.81.